The van der Waals surface area contributed by atoms with E-state index in [0.717, 1.165) is 32.3 Å². The van der Waals surface area contributed by atoms with Crippen molar-refractivity contribution in [3.05, 3.63) is 0 Å². The quantitative estimate of drug-likeness (QED) is 0.561. The Hall–Kier alpha value is -0.130. The van der Waals surface area contributed by atoms with Gasteiger partial charge in [-0.15, -0.1) is 0 Å². The van der Waals surface area contributed by atoms with Crippen LogP contribution in [0.3, 0.4) is 0 Å². The Bertz CT molecular complexity index is 274. The summed E-state index contributed by atoms with van der Waals surface area (Å²) in [6, 6.07) is 0. The lowest BCUT2D eigenvalue weighted by atomic mass is 10.0. The lowest BCUT2D eigenvalue weighted by Gasteiger charge is -2.20. The highest BCUT2D eigenvalue weighted by atomic mass is 32.2. The van der Waals surface area contributed by atoms with Crippen LogP contribution in [0.1, 0.15) is 6.42 Å². The second-order valence-corrected chi connectivity index (χ2v) is 5.25. The number of nitrogens with zero attached hydrogens (tertiary/aromatic N) is 1. The van der Waals surface area contributed by atoms with Gasteiger partial charge in [0, 0.05) is 19.0 Å². The Labute approximate surface area is 72.6 Å². The van der Waals surface area contributed by atoms with Crippen LogP contribution in [0, 0.1) is 5.92 Å². The molecule has 0 radical (unpaired) electrons. The normalized spacial score (nSPS) is 40.6. The van der Waals surface area contributed by atoms with Crippen LogP contribution in [0.15, 0.2) is 0 Å². The molecule has 0 saturated carbocycles. The zero-order chi connectivity index (χ0) is 8.77. The zero-order valence-electron chi connectivity index (χ0n) is 7.06. The van der Waals surface area contributed by atoms with Gasteiger partial charge < -0.3 is 4.90 Å². The van der Waals surface area contributed by atoms with Gasteiger partial charge in [-0.2, -0.15) is 8.42 Å². The van der Waals surface area contributed by atoms with Gasteiger partial charge in [-0.3, -0.25) is 4.18 Å². The molecule has 0 aromatic carbocycles. The second-order valence-electron chi connectivity index (χ2n) is 3.65. The lowest BCUT2D eigenvalue weighted by molar-refractivity contribution is 0.150. The van der Waals surface area contributed by atoms with E-state index in [2.05, 4.69) is 4.90 Å². The zero-order valence-corrected chi connectivity index (χ0v) is 7.88. The van der Waals surface area contributed by atoms with Gasteiger partial charge in [0.1, 0.15) is 0 Å². The van der Waals surface area contributed by atoms with Crippen molar-refractivity contribution in [2.75, 3.05) is 25.9 Å². The molecule has 4 nitrogen and oxygen atoms in total. The summed E-state index contributed by atoms with van der Waals surface area (Å²) in [5.41, 5.74) is 0. The molecule has 2 saturated heterocycles. The molecule has 5 heteroatoms. The standard InChI is InChI=1S/C7H13NO3S/c1-12(9,10)11-7-5-8-3-2-6(7)4-8/h6-7H,2-5H2,1H3. The van der Waals surface area contributed by atoms with Crippen molar-refractivity contribution >= 4 is 10.1 Å². The summed E-state index contributed by atoms with van der Waals surface area (Å²) >= 11 is 0. The fourth-order valence-corrected chi connectivity index (χ4v) is 2.74. The molecule has 0 aromatic heterocycles. The van der Waals surface area contributed by atoms with E-state index in [4.69, 9.17) is 4.18 Å². The number of fused-ring (bicyclic) bond motifs is 2. The minimum absolute atomic E-state index is 0.0752. The van der Waals surface area contributed by atoms with E-state index in [1.54, 1.807) is 0 Å². The summed E-state index contributed by atoms with van der Waals surface area (Å²) in [5, 5.41) is 0. The molecule has 0 N–H and O–H groups in total. The molecule has 2 heterocycles. The highest BCUT2D eigenvalue weighted by Gasteiger charge is 2.40. The fourth-order valence-electron chi connectivity index (χ4n) is 2.07. The monoisotopic (exact) mass is 191 g/mol. The Balaban J connectivity index is 2.00. The van der Waals surface area contributed by atoms with Crippen molar-refractivity contribution in [2.24, 2.45) is 5.92 Å². The molecule has 12 heavy (non-hydrogen) atoms. The summed E-state index contributed by atoms with van der Waals surface area (Å²) in [5.74, 6) is 0.444. The lowest BCUT2D eigenvalue weighted by Crippen LogP contribution is -2.31. The SMILES string of the molecule is CS(=O)(=O)OC1CN2CCC1C2. The molecule has 3 unspecified atom stereocenters. The number of hydrogen-bond donors (Lipinski definition) is 0. The van der Waals surface area contributed by atoms with E-state index in [1.165, 1.54) is 0 Å². The Kier molecular flexibility index (Phi) is 1.89. The maximum Gasteiger partial charge on any atom is 0.264 e. The van der Waals surface area contributed by atoms with Gasteiger partial charge in [-0.05, 0) is 13.0 Å². The van der Waals surface area contributed by atoms with Gasteiger partial charge in [0.2, 0.25) is 0 Å². The van der Waals surface area contributed by atoms with Gasteiger partial charge in [0.15, 0.2) is 0 Å². The Morgan fingerprint density at radius 1 is 1.42 bits per heavy atom. The topological polar surface area (TPSA) is 46.6 Å². The Morgan fingerprint density at radius 3 is 2.58 bits per heavy atom. The predicted octanol–water partition coefficient (Wildman–Crippen LogP) is -0.333. The predicted molar refractivity (Wildman–Crippen MR) is 44.3 cm³/mol. The number of hydrogen-bond acceptors (Lipinski definition) is 4. The summed E-state index contributed by atoms with van der Waals surface area (Å²) < 4.78 is 26.6. The molecular formula is C7H13NO3S. The highest BCUT2D eigenvalue weighted by molar-refractivity contribution is 7.86. The average Bonchev–Trinajstić information content (AvgIpc) is 2.42. The van der Waals surface area contributed by atoms with Gasteiger partial charge in [0.05, 0.1) is 12.4 Å². The van der Waals surface area contributed by atoms with Crippen molar-refractivity contribution in [3.8, 4) is 0 Å². The van der Waals surface area contributed by atoms with Gasteiger partial charge in [-0.25, -0.2) is 0 Å². The van der Waals surface area contributed by atoms with Crippen molar-refractivity contribution in [1.82, 2.24) is 4.90 Å². The van der Waals surface area contributed by atoms with Gasteiger partial charge >= 0.3 is 0 Å². The van der Waals surface area contributed by atoms with Crippen LogP contribution in [0.2, 0.25) is 0 Å². The van der Waals surface area contributed by atoms with Crippen LogP contribution >= 0.6 is 0 Å². The third-order valence-electron chi connectivity index (χ3n) is 2.57. The van der Waals surface area contributed by atoms with Crippen LogP contribution in [-0.4, -0.2) is 45.3 Å². The maximum absolute atomic E-state index is 10.8. The van der Waals surface area contributed by atoms with Crippen LogP contribution < -0.4 is 0 Å². The summed E-state index contributed by atoms with van der Waals surface area (Å²) in [6.45, 7) is 2.91. The first kappa shape index (κ1) is 8.47. The van der Waals surface area contributed by atoms with Crippen molar-refractivity contribution < 1.29 is 12.6 Å². The molecular weight excluding hydrogens is 178 g/mol. The third kappa shape index (κ3) is 1.62. The summed E-state index contributed by atoms with van der Waals surface area (Å²) in [6.07, 6.45) is 2.13. The molecule has 2 aliphatic rings. The summed E-state index contributed by atoms with van der Waals surface area (Å²) in [7, 11) is -3.26. The molecule has 0 aliphatic carbocycles. The van der Waals surface area contributed by atoms with Crippen LogP contribution in [0.5, 0.6) is 0 Å². The van der Waals surface area contributed by atoms with Crippen molar-refractivity contribution in [1.29, 1.82) is 0 Å². The van der Waals surface area contributed by atoms with E-state index >= 15 is 0 Å². The molecule has 2 bridgehead atoms. The fraction of sp³-hybridized carbons (Fsp3) is 1.00. The minimum Gasteiger partial charge on any atom is -0.300 e. The Morgan fingerprint density at radius 2 is 2.17 bits per heavy atom. The smallest absolute Gasteiger partial charge is 0.264 e. The maximum atomic E-state index is 10.8. The van der Waals surface area contributed by atoms with Crippen molar-refractivity contribution in [3.63, 3.8) is 0 Å². The first-order chi connectivity index (χ1) is 5.54. The largest absolute Gasteiger partial charge is 0.300 e. The van der Waals surface area contributed by atoms with Gasteiger partial charge in [-0.1, -0.05) is 0 Å². The second kappa shape index (κ2) is 2.68. The van der Waals surface area contributed by atoms with E-state index in [-0.39, 0.29) is 6.10 Å². The first-order valence-electron chi connectivity index (χ1n) is 4.15. The van der Waals surface area contributed by atoms with Gasteiger partial charge in [0.25, 0.3) is 10.1 Å². The van der Waals surface area contributed by atoms with Crippen LogP contribution in [0.4, 0.5) is 0 Å². The summed E-state index contributed by atoms with van der Waals surface area (Å²) in [4.78, 5) is 2.25. The molecule has 0 spiro atoms. The van der Waals surface area contributed by atoms with E-state index in [9.17, 15) is 8.42 Å². The first-order valence-corrected chi connectivity index (χ1v) is 5.97. The van der Waals surface area contributed by atoms with Crippen LogP contribution in [0.25, 0.3) is 0 Å². The van der Waals surface area contributed by atoms with E-state index in [0.29, 0.717) is 5.92 Å². The molecule has 0 amide bonds. The molecule has 2 fully saturated rings. The average molecular weight is 191 g/mol. The highest BCUT2D eigenvalue weighted by Crippen LogP contribution is 2.30. The molecule has 0 aromatic rings. The van der Waals surface area contributed by atoms with E-state index < -0.39 is 10.1 Å². The number of rotatable bonds is 2. The molecule has 2 rings (SSSR count). The molecule has 70 valence electrons. The molecule has 3 atom stereocenters. The molecule has 2 aliphatic heterocycles. The third-order valence-corrected chi connectivity index (χ3v) is 3.17. The van der Waals surface area contributed by atoms with Crippen molar-refractivity contribution in [2.45, 2.75) is 12.5 Å². The minimum atomic E-state index is -3.26. The van der Waals surface area contributed by atoms with E-state index in [1.807, 2.05) is 0 Å². The number of piperidine rings is 1. The van der Waals surface area contributed by atoms with Crippen LogP contribution in [-0.2, 0) is 14.3 Å².